The van der Waals surface area contributed by atoms with E-state index < -0.39 is 0 Å². The number of hydrogen-bond acceptors (Lipinski definition) is 4. The molecule has 0 radical (unpaired) electrons. The minimum absolute atomic E-state index is 0.00369. The third kappa shape index (κ3) is 1.85. The van der Waals surface area contributed by atoms with Gasteiger partial charge in [0.25, 0.3) is 5.56 Å². The first kappa shape index (κ1) is 12.2. The average molecular weight is 282 g/mol. The van der Waals surface area contributed by atoms with Crippen molar-refractivity contribution in [1.29, 1.82) is 0 Å². The summed E-state index contributed by atoms with van der Waals surface area (Å²) in [6, 6.07) is 9.31. The van der Waals surface area contributed by atoms with Gasteiger partial charge in [0, 0.05) is 18.5 Å². The summed E-state index contributed by atoms with van der Waals surface area (Å²) in [5.41, 5.74) is 1.33. The van der Waals surface area contributed by atoms with E-state index in [0.29, 0.717) is 16.9 Å². The second kappa shape index (κ2) is 4.48. The molecular weight excluding hydrogens is 268 g/mol. The van der Waals surface area contributed by atoms with Gasteiger partial charge in [-0.2, -0.15) is 4.98 Å². The Morgan fingerprint density at radius 3 is 2.86 bits per heavy atom. The van der Waals surface area contributed by atoms with Crippen LogP contribution in [0, 0.1) is 0 Å². The number of aryl methyl sites for hydroxylation is 1. The van der Waals surface area contributed by atoms with E-state index >= 15 is 0 Å². The van der Waals surface area contributed by atoms with Crippen LogP contribution in [-0.4, -0.2) is 16.7 Å². The first-order chi connectivity index (χ1) is 10.3. The SMILES string of the molecule is COc1ccc(-c2cc3c(=O)n4c(nc3o2)CCC4)cc1. The quantitative estimate of drug-likeness (QED) is 0.725. The minimum Gasteiger partial charge on any atom is -0.497 e. The van der Waals surface area contributed by atoms with E-state index in [4.69, 9.17) is 9.15 Å². The summed E-state index contributed by atoms with van der Waals surface area (Å²) in [6.45, 7) is 0.750. The van der Waals surface area contributed by atoms with Crippen molar-refractivity contribution in [3.05, 3.63) is 46.5 Å². The van der Waals surface area contributed by atoms with Gasteiger partial charge in [0.2, 0.25) is 5.71 Å². The second-order valence-corrected chi connectivity index (χ2v) is 5.15. The molecule has 5 heteroatoms. The van der Waals surface area contributed by atoms with Gasteiger partial charge >= 0.3 is 0 Å². The first-order valence-corrected chi connectivity index (χ1v) is 6.94. The van der Waals surface area contributed by atoms with E-state index in [0.717, 1.165) is 36.5 Å². The van der Waals surface area contributed by atoms with Gasteiger partial charge in [-0.1, -0.05) is 0 Å². The fourth-order valence-electron chi connectivity index (χ4n) is 2.77. The normalized spacial score (nSPS) is 13.6. The lowest BCUT2D eigenvalue weighted by molar-refractivity contribution is 0.415. The molecule has 0 amide bonds. The lowest BCUT2D eigenvalue weighted by atomic mass is 10.1. The van der Waals surface area contributed by atoms with E-state index in [1.165, 1.54) is 0 Å². The molecule has 0 N–H and O–H groups in total. The molecule has 0 saturated carbocycles. The molecule has 1 aromatic carbocycles. The van der Waals surface area contributed by atoms with Crippen molar-refractivity contribution in [3.8, 4) is 17.1 Å². The molecule has 5 nitrogen and oxygen atoms in total. The Morgan fingerprint density at radius 1 is 1.29 bits per heavy atom. The Bertz CT molecular complexity index is 875. The Hall–Kier alpha value is -2.56. The van der Waals surface area contributed by atoms with Crippen LogP contribution in [0.25, 0.3) is 22.4 Å². The molecule has 3 heterocycles. The van der Waals surface area contributed by atoms with E-state index in [1.807, 2.05) is 24.3 Å². The first-order valence-electron chi connectivity index (χ1n) is 6.94. The summed E-state index contributed by atoms with van der Waals surface area (Å²) < 4.78 is 12.7. The average Bonchev–Trinajstić information content (AvgIpc) is 3.14. The third-order valence-corrected chi connectivity index (χ3v) is 3.89. The number of ether oxygens (including phenoxy) is 1. The van der Waals surface area contributed by atoms with Gasteiger partial charge in [-0.05, 0) is 36.8 Å². The number of furan rings is 1. The van der Waals surface area contributed by atoms with Crippen molar-refractivity contribution in [3.63, 3.8) is 0 Å². The van der Waals surface area contributed by atoms with Crippen molar-refractivity contribution in [2.75, 3.05) is 7.11 Å². The van der Waals surface area contributed by atoms with E-state index in [2.05, 4.69) is 4.98 Å². The van der Waals surface area contributed by atoms with Crippen LogP contribution >= 0.6 is 0 Å². The number of rotatable bonds is 2. The molecule has 0 aliphatic carbocycles. The summed E-state index contributed by atoms with van der Waals surface area (Å²) in [5.74, 6) is 2.26. The van der Waals surface area contributed by atoms with Gasteiger partial charge in [0.15, 0.2) is 0 Å². The molecule has 4 rings (SSSR count). The molecule has 1 aliphatic rings. The van der Waals surface area contributed by atoms with Crippen LogP contribution in [0.15, 0.2) is 39.5 Å². The molecule has 21 heavy (non-hydrogen) atoms. The molecule has 3 aromatic rings. The molecule has 1 aliphatic heterocycles. The standard InChI is InChI=1S/C16H14N2O3/c1-20-11-6-4-10(5-7-11)13-9-12-15(21-13)17-14-3-2-8-18(14)16(12)19/h4-7,9H,2-3,8H2,1H3. The van der Waals surface area contributed by atoms with Gasteiger partial charge in [-0.3, -0.25) is 9.36 Å². The van der Waals surface area contributed by atoms with Gasteiger partial charge in [-0.25, -0.2) is 0 Å². The Kier molecular flexibility index (Phi) is 2.60. The third-order valence-electron chi connectivity index (χ3n) is 3.89. The van der Waals surface area contributed by atoms with Crippen LogP contribution in [-0.2, 0) is 13.0 Å². The summed E-state index contributed by atoms with van der Waals surface area (Å²) >= 11 is 0. The van der Waals surface area contributed by atoms with E-state index in [-0.39, 0.29) is 5.56 Å². The summed E-state index contributed by atoms with van der Waals surface area (Å²) in [7, 11) is 1.63. The minimum atomic E-state index is -0.00369. The molecule has 106 valence electrons. The van der Waals surface area contributed by atoms with Crippen LogP contribution in [0.2, 0.25) is 0 Å². The molecule has 2 aromatic heterocycles. The topological polar surface area (TPSA) is 57.3 Å². The number of benzene rings is 1. The number of methoxy groups -OCH3 is 1. The van der Waals surface area contributed by atoms with Crippen LogP contribution in [0.1, 0.15) is 12.2 Å². The summed E-state index contributed by atoms with van der Waals surface area (Å²) in [6.07, 6.45) is 1.81. The van der Waals surface area contributed by atoms with Crippen molar-refractivity contribution in [2.24, 2.45) is 0 Å². The molecule has 0 atom stereocenters. The molecule has 0 spiro atoms. The van der Waals surface area contributed by atoms with Gasteiger partial charge in [0.1, 0.15) is 22.7 Å². The summed E-state index contributed by atoms with van der Waals surface area (Å²) in [4.78, 5) is 16.9. The molecule has 0 unspecified atom stereocenters. The van der Waals surface area contributed by atoms with Gasteiger partial charge in [-0.15, -0.1) is 0 Å². The predicted molar refractivity (Wildman–Crippen MR) is 78.6 cm³/mol. The maximum absolute atomic E-state index is 12.4. The fraction of sp³-hybridized carbons (Fsp3) is 0.250. The lowest BCUT2D eigenvalue weighted by Gasteiger charge is -2.00. The fourth-order valence-corrected chi connectivity index (χ4v) is 2.77. The van der Waals surface area contributed by atoms with Gasteiger partial charge in [0.05, 0.1) is 7.11 Å². The van der Waals surface area contributed by atoms with Crippen molar-refractivity contribution in [2.45, 2.75) is 19.4 Å². The Morgan fingerprint density at radius 2 is 2.10 bits per heavy atom. The molecule has 0 saturated heterocycles. The number of hydrogen-bond donors (Lipinski definition) is 0. The summed E-state index contributed by atoms with van der Waals surface area (Å²) in [5, 5.41) is 0.548. The van der Waals surface area contributed by atoms with Crippen molar-refractivity contribution < 1.29 is 9.15 Å². The number of fused-ring (bicyclic) bond motifs is 2. The lowest BCUT2D eigenvalue weighted by Crippen LogP contribution is -2.19. The van der Waals surface area contributed by atoms with Crippen LogP contribution < -0.4 is 10.3 Å². The van der Waals surface area contributed by atoms with E-state index in [9.17, 15) is 4.79 Å². The number of aromatic nitrogens is 2. The van der Waals surface area contributed by atoms with Gasteiger partial charge < -0.3 is 9.15 Å². The Balaban J connectivity index is 1.87. The van der Waals surface area contributed by atoms with Crippen LogP contribution in [0.4, 0.5) is 0 Å². The zero-order valence-corrected chi connectivity index (χ0v) is 11.6. The number of nitrogens with zero attached hydrogens (tertiary/aromatic N) is 2. The zero-order valence-electron chi connectivity index (χ0n) is 11.6. The zero-order chi connectivity index (χ0) is 14.4. The van der Waals surface area contributed by atoms with Crippen molar-refractivity contribution >= 4 is 11.1 Å². The Labute approximate surface area is 120 Å². The molecular formula is C16H14N2O3. The van der Waals surface area contributed by atoms with Crippen molar-refractivity contribution in [1.82, 2.24) is 9.55 Å². The van der Waals surface area contributed by atoms with Crippen LogP contribution in [0.5, 0.6) is 5.75 Å². The highest BCUT2D eigenvalue weighted by Crippen LogP contribution is 2.27. The predicted octanol–water partition coefficient (Wildman–Crippen LogP) is 2.61. The van der Waals surface area contributed by atoms with E-state index in [1.54, 1.807) is 17.7 Å². The largest absolute Gasteiger partial charge is 0.497 e. The maximum atomic E-state index is 12.4. The smallest absolute Gasteiger partial charge is 0.264 e. The maximum Gasteiger partial charge on any atom is 0.264 e. The van der Waals surface area contributed by atoms with Crippen LogP contribution in [0.3, 0.4) is 0 Å². The molecule has 0 fully saturated rings. The molecule has 0 bridgehead atoms. The highest BCUT2D eigenvalue weighted by Gasteiger charge is 2.19. The highest BCUT2D eigenvalue weighted by molar-refractivity contribution is 5.79. The second-order valence-electron chi connectivity index (χ2n) is 5.15. The monoisotopic (exact) mass is 282 g/mol. The highest BCUT2D eigenvalue weighted by atomic mass is 16.5.